The lowest BCUT2D eigenvalue weighted by Crippen LogP contribution is -2.43. The van der Waals surface area contributed by atoms with Gasteiger partial charge in [0.05, 0.1) is 42.0 Å². The molecule has 0 saturated carbocycles. The first-order valence-electron chi connectivity index (χ1n) is 13.5. The first kappa shape index (κ1) is 28.8. The third-order valence-corrected chi connectivity index (χ3v) is 8.05. The van der Waals surface area contributed by atoms with Crippen molar-refractivity contribution in [3.63, 3.8) is 0 Å². The molecule has 12 heteroatoms. The standard InChI is InChI=1S/C28H33ClF3N5O3/c1-15(2)37-21(12-36-9-4-8-28(31,32)14-36)16(3)26(39)18-6-5-17(23(29)25(18)37)24-19(30)11-33-27(35-24)34-20-7-10-40-13-22(20)38/h5-6,11,15,20,22,38H,4,7-10,12-14H2,1-3H3,(H,33,34,35)/t20-,22-/m1/s1. The number of anilines is 1. The van der Waals surface area contributed by atoms with Crippen LogP contribution in [0.15, 0.2) is 23.1 Å². The number of pyridine rings is 1. The highest BCUT2D eigenvalue weighted by Gasteiger charge is 2.36. The van der Waals surface area contributed by atoms with E-state index in [1.807, 2.05) is 18.4 Å². The van der Waals surface area contributed by atoms with E-state index in [1.54, 1.807) is 24.0 Å². The average molecular weight is 580 g/mol. The number of nitrogens with zero attached hydrogens (tertiary/aromatic N) is 4. The number of aromatic nitrogens is 3. The van der Waals surface area contributed by atoms with Crippen molar-refractivity contribution in [1.29, 1.82) is 0 Å². The van der Waals surface area contributed by atoms with Gasteiger partial charge in [-0.25, -0.2) is 23.1 Å². The molecule has 8 nitrogen and oxygen atoms in total. The van der Waals surface area contributed by atoms with Gasteiger partial charge in [0, 0.05) is 47.8 Å². The van der Waals surface area contributed by atoms with Crippen molar-refractivity contribution < 1.29 is 23.0 Å². The Bertz CT molecular complexity index is 1480. The molecule has 0 amide bonds. The second kappa shape index (κ2) is 11.3. The first-order valence-corrected chi connectivity index (χ1v) is 13.9. The number of hydrogen-bond donors (Lipinski definition) is 2. The summed E-state index contributed by atoms with van der Waals surface area (Å²) in [5.74, 6) is -3.37. The molecule has 2 saturated heterocycles. The Morgan fingerprint density at radius 3 is 2.80 bits per heavy atom. The van der Waals surface area contributed by atoms with Gasteiger partial charge in [-0.1, -0.05) is 17.7 Å². The number of aliphatic hydroxyl groups is 1. The van der Waals surface area contributed by atoms with E-state index in [4.69, 9.17) is 16.3 Å². The van der Waals surface area contributed by atoms with Crippen LogP contribution in [-0.2, 0) is 11.3 Å². The fourth-order valence-electron chi connectivity index (χ4n) is 5.66. The molecule has 1 aromatic carbocycles. The lowest BCUT2D eigenvalue weighted by molar-refractivity contribution is -0.0666. The number of aliphatic hydroxyl groups excluding tert-OH is 1. The molecule has 2 atom stereocenters. The summed E-state index contributed by atoms with van der Waals surface area (Å²) in [6, 6.07) is 2.61. The molecule has 40 heavy (non-hydrogen) atoms. The zero-order valence-corrected chi connectivity index (χ0v) is 23.4. The second-order valence-electron chi connectivity index (χ2n) is 10.9. The predicted octanol–water partition coefficient (Wildman–Crippen LogP) is 4.93. The third kappa shape index (κ3) is 5.57. The number of alkyl halides is 2. The topological polar surface area (TPSA) is 92.5 Å². The summed E-state index contributed by atoms with van der Waals surface area (Å²) in [7, 11) is 0. The van der Waals surface area contributed by atoms with E-state index in [-0.39, 0.29) is 65.9 Å². The van der Waals surface area contributed by atoms with Crippen LogP contribution in [0.4, 0.5) is 19.1 Å². The Morgan fingerprint density at radius 1 is 1.32 bits per heavy atom. The Morgan fingerprint density at radius 2 is 2.10 bits per heavy atom. The van der Waals surface area contributed by atoms with Gasteiger partial charge >= 0.3 is 0 Å². The Balaban J connectivity index is 1.62. The first-order chi connectivity index (χ1) is 19.0. The fraction of sp³-hybridized carbons (Fsp3) is 0.536. The number of fused-ring (bicyclic) bond motifs is 1. The summed E-state index contributed by atoms with van der Waals surface area (Å²) in [6.45, 7) is 6.46. The molecule has 0 spiro atoms. The quantitative estimate of drug-likeness (QED) is 0.428. The number of nitrogens with one attached hydrogen (secondary N) is 1. The molecule has 3 aromatic rings. The number of likely N-dealkylation sites (tertiary alicyclic amines) is 1. The summed E-state index contributed by atoms with van der Waals surface area (Å²) in [5, 5.41) is 13.7. The molecule has 2 N–H and O–H groups in total. The second-order valence-corrected chi connectivity index (χ2v) is 11.3. The van der Waals surface area contributed by atoms with E-state index in [0.29, 0.717) is 48.2 Å². The van der Waals surface area contributed by atoms with Crippen molar-refractivity contribution in [2.45, 2.75) is 70.7 Å². The highest BCUT2D eigenvalue weighted by molar-refractivity contribution is 6.37. The van der Waals surface area contributed by atoms with Gasteiger partial charge in [-0.2, -0.15) is 0 Å². The van der Waals surface area contributed by atoms with Gasteiger partial charge in [0.1, 0.15) is 5.69 Å². The summed E-state index contributed by atoms with van der Waals surface area (Å²) in [6.07, 6.45) is 1.01. The van der Waals surface area contributed by atoms with Crippen molar-refractivity contribution in [2.24, 2.45) is 0 Å². The van der Waals surface area contributed by atoms with Crippen molar-refractivity contribution >= 4 is 28.5 Å². The number of halogens is 4. The van der Waals surface area contributed by atoms with E-state index in [0.717, 1.165) is 6.20 Å². The van der Waals surface area contributed by atoms with Gasteiger partial charge in [0.25, 0.3) is 5.92 Å². The molecule has 5 rings (SSSR count). The van der Waals surface area contributed by atoms with E-state index < -0.39 is 17.8 Å². The van der Waals surface area contributed by atoms with Crippen LogP contribution in [0.3, 0.4) is 0 Å². The number of rotatable bonds is 6. The van der Waals surface area contributed by atoms with Crippen LogP contribution in [0.5, 0.6) is 0 Å². The van der Waals surface area contributed by atoms with Crippen LogP contribution in [0, 0.1) is 12.7 Å². The van der Waals surface area contributed by atoms with E-state index in [1.165, 1.54) is 0 Å². The van der Waals surface area contributed by atoms with Crippen LogP contribution in [0.1, 0.15) is 50.4 Å². The third-order valence-electron chi connectivity index (χ3n) is 7.67. The van der Waals surface area contributed by atoms with Gasteiger partial charge in [0.15, 0.2) is 11.2 Å². The highest BCUT2D eigenvalue weighted by Crippen LogP contribution is 2.37. The molecular weight excluding hydrogens is 547 g/mol. The Kier molecular flexibility index (Phi) is 8.11. The molecule has 0 bridgehead atoms. The van der Waals surface area contributed by atoms with Crippen molar-refractivity contribution in [1.82, 2.24) is 19.4 Å². The minimum Gasteiger partial charge on any atom is -0.389 e. The van der Waals surface area contributed by atoms with Crippen LogP contribution in [0.2, 0.25) is 5.02 Å². The molecule has 4 heterocycles. The van der Waals surface area contributed by atoms with Crippen LogP contribution < -0.4 is 10.7 Å². The lowest BCUT2D eigenvalue weighted by Gasteiger charge is -2.34. The van der Waals surface area contributed by atoms with Crippen molar-refractivity contribution in [2.75, 3.05) is 31.6 Å². The SMILES string of the molecule is Cc1c(CN2CCCC(F)(F)C2)n(C(C)C)c2c(Cl)c(-c3nc(N[C@@H]4CCOC[C@H]4O)ncc3F)ccc2c1=O. The maximum Gasteiger partial charge on any atom is 0.260 e. The summed E-state index contributed by atoms with van der Waals surface area (Å²) < 4.78 is 50.7. The number of benzene rings is 1. The lowest BCUT2D eigenvalue weighted by atomic mass is 10.0. The van der Waals surface area contributed by atoms with Gasteiger partial charge in [0.2, 0.25) is 5.95 Å². The largest absolute Gasteiger partial charge is 0.389 e. The van der Waals surface area contributed by atoms with E-state index in [2.05, 4.69) is 15.3 Å². The zero-order valence-electron chi connectivity index (χ0n) is 22.7. The van der Waals surface area contributed by atoms with Crippen LogP contribution >= 0.6 is 11.6 Å². The Labute approximate surface area is 235 Å². The van der Waals surface area contributed by atoms with E-state index in [9.17, 15) is 18.7 Å². The molecule has 0 unspecified atom stereocenters. The number of hydrogen-bond acceptors (Lipinski definition) is 7. The van der Waals surface area contributed by atoms with Crippen LogP contribution in [0.25, 0.3) is 22.2 Å². The molecule has 0 aliphatic carbocycles. The maximum absolute atomic E-state index is 15.1. The normalized spacial score (nSPS) is 21.7. The Hall–Kier alpha value is -2.73. The smallest absolute Gasteiger partial charge is 0.260 e. The molecule has 2 fully saturated rings. The zero-order chi connectivity index (χ0) is 28.8. The number of ether oxygens (including phenoxy) is 1. The minimum absolute atomic E-state index is 0.0634. The van der Waals surface area contributed by atoms with Gasteiger partial charge < -0.3 is 19.7 Å². The van der Waals surface area contributed by atoms with Gasteiger partial charge in [-0.3, -0.25) is 9.69 Å². The van der Waals surface area contributed by atoms with E-state index >= 15 is 4.39 Å². The summed E-state index contributed by atoms with van der Waals surface area (Å²) >= 11 is 6.95. The molecule has 2 aliphatic rings. The average Bonchev–Trinajstić information content (AvgIpc) is 2.89. The molecule has 0 radical (unpaired) electrons. The fourth-order valence-corrected chi connectivity index (χ4v) is 6.00. The molecule has 2 aromatic heterocycles. The van der Waals surface area contributed by atoms with Crippen molar-refractivity contribution in [3.05, 3.63) is 50.7 Å². The predicted molar refractivity (Wildman–Crippen MR) is 148 cm³/mol. The molecule has 216 valence electrons. The number of piperidine rings is 1. The molecular formula is C28H33ClF3N5O3. The molecule has 2 aliphatic heterocycles. The minimum atomic E-state index is -2.78. The highest BCUT2D eigenvalue weighted by atomic mass is 35.5. The summed E-state index contributed by atoms with van der Waals surface area (Å²) in [4.78, 5) is 23.6. The monoisotopic (exact) mass is 579 g/mol. The van der Waals surface area contributed by atoms with Gasteiger partial charge in [-0.05, 0) is 46.2 Å². The van der Waals surface area contributed by atoms with Crippen LogP contribution in [-0.4, -0.2) is 68.9 Å². The maximum atomic E-state index is 15.1. The summed E-state index contributed by atoms with van der Waals surface area (Å²) in [5.41, 5.74) is 1.41. The van der Waals surface area contributed by atoms with Gasteiger partial charge in [-0.15, -0.1) is 0 Å². The van der Waals surface area contributed by atoms with Crippen molar-refractivity contribution in [3.8, 4) is 11.3 Å².